The van der Waals surface area contributed by atoms with Crippen molar-refractivity contribution in [3.05, 3.63) is 41.5 Å². The Bertz CT molecular complexity index is 1090. The van der Waals surface area contributed by atoms with Crippen LogP contribution in [0.1, 0.15) is 40.6 Å². The number of anilines is 1. The van der Waals surface area contributed by atoms with Crippen LogP contribution in [0.4, 0.5) is 5.69 Å². The summed E-state index contributed by atoms with van der Waals surface area (Å²) in [5, 5.41) is 11.1. The molecule has 0 bridgehead atoms. The van der Waals surface area contributed by atoms with Gasteiger partial charge in [0, 0.05) is 28.0 Å². The van der Waals surface area contributed by atoms with Crippen LogP contribution in [0.5, 0.6) is 0 Å². The summed E-state index contributed by atoms with van der Waals surface area (Å²) in [6.07, 6.45) is 0. The topological polar surface area (TPSA) is 150 Å². The summed E-state index contributed by atoms with van der Waals surface area (Å²) in [6.45, 7) is 3.88. The number of guanidine groups is 1. The Morgan fingerprint density at radius 1 is 1.12 bits per heavy atom. The molecular formula is C18H19N5O3. The number of fused-ring (bicyclic) bond motifs is 3. The molecule has 2 aromatic carbocycles. The van der Waals surface area contributed by atoms with E-state index in [1.165, 1.54) is 6.07 Å². The summed E-state index contributed by atoms with van der Waals surface area (Å²) in [7, 11) is 0. The second kappa shape index (κ2) is 6.07. The van der Waals surface area contributed by atoms with Crippen LogP contribution in [0.15, 0.2) is 35.3 Å². The maximum Gasteiger partial charge on any atom is 0.336 e. The van der Waals surface area contributed by atoms with Crippen LogP contribution in [-0.4, -0.2) is 27.5 Å². The average Bonchev–Trinajstić information content (AvgIpc) is 2.86. The van der Waals surface area contributed by atoms with Crippen molar-refractivity contribution < 1.29 is 14.7 Å². The van der Waals surface area contributed by atoms with Crippen LogP contribution in [0, 0.1) is 0 Å². The van der Waals surface area contributed by atoms with Crippen LogP contribution >= 0.6 is 0 Å². The Balaban J connectivity index is 2.58. The van der Waals surface area contributed by atoms with E-state index >= 15 is 0 Å². The first-order valence-corrected chi connectivity index (χ1v) is 7.95. The number of carbonyl (C=O) groups is 2. The van der Waals surface area contributed by atoms with Crippen molar-refractivity contribution in [1.29, 1.82) is 0 Å². The zero-order valence-electron chi connectivity index (χ0n) is 14.4. The number of hydrogen-bond acceptors (Lipinski definition) is 3. The van der Waals surface area contributed by atoms with Crippen molar-refractivity contribution in [1.82, 2.24) is 4.57 Å². The highest BCUT2D eigenvalue weighted by atomic mass is 16.4. The summed E-state index contributed by atoms with van der Waals surface area (Å²) in [5.41, 5.74) is 18.2. The molecular weight excluding hydrogens is 334 g/mol. The lowest BCUT2D eigenvalue weighted by Crippen LogP contribution is -2.25. The first kappa shape index (κ1) is 17.3. The molecule has 3 rings (SSSR count). The zero-order chi connectivity index (χ0) is 19.2. The molecule has 0 saturated heterocycles. The number of aromatic carboxylic acids is 1. The molecule has 0 fully saturated rings. The first-order valence-electron chi connectivity index (χ1n) is 7.95. The quantitative estimate of drug-likeness (QED) is 0.321. The smallest absolute Gasteiger partial charge is 0.336 e. The molecule has 1 aromatic heterocycles. The number of nitrogen functional groups attached to an aromatic ring is 1. The third kappa shape index (κ3) is 2.61. The van der Waals surface area contributed by atoms with Crippen LogP contribution < -0.4 is 17.2 Å². The monoisotopic (exact) mass is 353 g/mol. The largest absolute Gasteiger partial charge is 0.478 e. The number of hydrogen-bond donors (Lipinski definition) is 4. The van der Waals surface area contributed by atoms with Gasteiger partial charge in [-0.15, -0.1) is 0 Å². The van der Waals surface area contributed by atoms with E-state index in [4.69, 9.17) is 17.2 Å². The van der Waals surface area contributed by atoms with Crippen molar-refractivity contribution in [2.45, 2.75) is 19.9 Å². The number of carboxylic acids is 1. The third-order valence-electron chi connectivity index (χ3n) is 4.18. The Hall–Kier alpha value is -3.55. The van der Waals surface area contributed by atoms with E-state index in [9.17, 15) is 14.7 Å². The Kier molecular flexibility index (Phi) is 4.03. The molecule has 1 heterocycles. The molecule has 0 saturated carbocycles. The molecule has 26 heavy (non-hydrogen) atoms. The molecule has 0 spiro atoms. The lowest BCUT2D eigenvalue weighted by molar-refractivity contribution is 0.0692. The predicted molar refractivity (Wildman–Crippen MR) is 101 cm³/mol. The number of amides is 1. The van der Waals surface area contributed by atoms with E-state index in [2.05, 4.69) is 4.99 Å². The molecule has 8 nitrogen and oxygen atoms in total. The lowest BCUT2D eigenvalue weighted by atomic mass is 10.0. The Morgan fingerprint density at radius 3 is 2.38 bits per heavy atom. The fourth-order valence-electron chi connectivity index (χ4n) is 3.26. The van der Waals surface area contributed by atoms with Gasteiger partial charge in [-0.05, 0) is 38.1 Å². The minimum absolute atomic E-state index is 0.0478. The second-order valence-electron chi connectivity index (χ2n) is 6.27. The van der Waals surface area contributed by atoms with Gasteiger partial charge >= 0.3 is 5.97 Å². The van der Waals surface area contributed by atoms with Gasteiger partial charge < -0.3 is 26.9 Å². The maximum absolute atomic E-state index is 12.7. The van der Waals surface area contributed by atoms with Crippen LogP contribution in [0.3, 0.4) is 0 Å². The van der Waals surface area contributed by atoms with Crippen LogP contribution in [0.25, 0.3) is 21.8 Å². The molecule has 0 unspecified atom stereocenters. The van der Waals surface area contributed by atoms with Crippen molar-refractivity contribution in [2.24, 2.45) is 16.5 Å². The van der Waals surface area contributed by atoms with Gasteiger partial charge in [0.25, 0.3) is 5.91 Å². The molecule has 0 aliphatic carbocycles. The van der Waals surface area contributed by atoms with Crippen LogP contribution in [0.2, 0.25) is 0 Å². The predicted octanol–water partition coefficient (Wildman–Crippen LogP) is 2.07. The molecule has 8 heteroatoms. The fraction of sp³-hybridized carbons (Fsp3) is 0.167. The molecule has 3 aromatic rings. The van der Waals surface area contributed by atoms with Crippen molar-refractivity contribution in [2.75, 3.05) is 5.73 Å². The molecule has 0 aliphatic rings. The normalized spacial score (nSPS) is 11.2. The molecule has 1 amide bonds. The average molecular weight is 353 g/mol. The van der Waals surface area contributed by atoms with E-state index in [0.29, 0.717) is 16.6 Å². The molecule has 0 radical (unpaired) electrons. The van der Waals surface area contributed by atoms with E-state index in [0.717, 1.165) is 10.9 Å². The number of carbonyl (C=O) groups excluding carboxylic acids is 1. The number of rotatable bonds is 3. The van der Waals surface area contributed by atoms with Crippen LogP contribution in [-0.2, 0) is 0 Å². The Morgan fingerprint density at radius 2 is 1.81 bits per heavy atom. The van der Waals surface area contributed by atoms with Gasteiger partial charge in [0.15, 0.2) is 5.96 Å². The SMILES string of the molecule is CC(C)n1c2ccc(N)cc2c2ccc(C(=O)O)c(C(=O)N=C(N)N)c21. The highest BCUT2D eigenvalue weighted by Gasteiger charge is 2.25. The van der Waals surface area contributed by atoms with Crippen molar-refractivity contribution >= 4 is 45.3 Å². The molecule has 0 atom stereocenters. The first-order chi connectivity index (χ1) is 12.2. The lowest BCUT2D eigenvalue weighted by Gasteiger charge is -2.14. The number of aromatic nitrogens is 1. The van der Waals surface area contributed by atoms with E-state index in [1.54, 1.807) is 18.2 Å². The minimum atomic E-state index is -1.24. The summed E-state index contributed by atoms with van der Waals surface area (Å²) in [6, 6.07) is 8.41. The van der Waals surface area contributed by atoms with E-state index in [1.807, 2.05) is 24.5 Å². The summed E-state index contributed by atoms with van der Waals surface area (Å²) >= 11 is 0. The van der Waals surface area contributed by atoms with Gasteiger partial charge in [0.1, 0.15) is 0 Å². The number of nitrogens with zero attached hydrogens (tertiary/aromatic N) is 2. The number of carboxylic acid groups (broad SMARTS) is 1. The standard InChI is InChI=1S/C18H19N5O3/c1-8(2)23-13-6-3-9(19)7-12(13)10-4-5-11(17(25)26)14(15(10)23)16(24)22-18(20)21/h3-8H,19H2,1-2H3,(H,25,26)(H4,20,21,22,24). The Labute approximate surface area is 148 Å². The van der Waals surface area contributed by atoms with E-state index in [-0.39, 0.29) is 17.2 Å². The van der Waals surface area contributed by atoms with E-state index < -0.39 is 17.8 Å². The summed E-state index contributed by atoms with van der Waals surface area (Å²) in [5.74, 6) is -2.47. The van der Waals surface area contributed by atoms with Crippen molar-refractivity contribution in [3.8, 4) is 0 Å². The number of benzene rings is 2. The molecule has 7 N–H and O–H groups in total. The molecule has 134 valence electrons. The van der Waals surface area contributed by atoms with Gasteiger partial charge in [0.2, 0.25) is 0 Å². The highest BCUT2D eigenvalue weighted by Crippen LogP contribution is 2.36. The van der Waals surface area contributed by atoms with Gasteiger partial charge in [0.05, 0.1) is 16.6 Å². The fourth-order valence-corrected chi connectivity index (χ4v) is 3.26. The number of aliphatic imine (C=N–C) groups is 1. The third-order valence-corrected chi connectivity index (χ3v) is 4.18. The number of nitrogens with two attached hydrogens (primary N) is 3. The summed E-state index contributed by atoms with van der Waals surface area (Å²) < 4.78 is 1.89. The van der Waals surface area contributed by atoms with Gasteiger partial charge in [-0.25, -0.2) is 4.79 Å². The zero-order valence-corrected chi connectivity index (χ0v) is 14.4. The van der Waals surface area contributed by atoms with Gasteiger partial charge in [-0.3, -0.25) is 4.79 Å². The highest BCUT2D eigenvalue weighted by molar-refractivity contribution is 6.21. The second-order valence-corrected chi connectivity index (χ2v) is 6.27. The van der Waals surface area contributed by atoms with Gasteiger partial charge in [-0.1, -0.05) is 6.07 Å². The molecule has 0 aliphatic heterocycles. The van der Waals surface area contributed by atoms with Crippen molar-refractivity contribution in [3.63, 3.8) is 0 Å². The summed E-state index contributed by atoms with van der Waals surface area (Å²) in [4.78, 5) is 27.9. The minimum Gasteiger partial charge on any atom is -0.478 e. The maximum atomic E-state index is 12.7. The van der Waals surface area contributed by atoms with Gasteiger partial charge in [-0.2, -0.15) is 4.99 Å².